The highest BCUT2D eigenvalue weighted by molar-refractivity contribution is 7.93. The SMILES string of the molecule is O=C(NCC(c1ccc(F)cc1)S(=O)(=O)c1cccs1)c1cccnc1. The number of halogens is 1. The Balaban J connectivity index is 1.89. The highest BCUT2D eigenvalue weighted by Crippen LogP contribution is 2.31. The van der Waals surface area contributed by atoms with E-state index < -0.39 is 26.8 Å². The Kier molecular flexibility index (Phi) is 5.43. The van der Waals surface area contributed by atoms with Gasteiger partial charge in [-0.3, -0.25) is 9.78 Å². The van der Waals surface area contributed by atoms with E-state index in [2.05, 4.69) is 10.3 Å². The minimum absolute atomic E-state index is 0.139. The third-order valence-corrected chi connectivity index (χ3v) is 7.30. The smallest absolute Gasteiger partial charge is 0.252 e. The number of hydrogen-bond donors (Lipinski definition) is 1. The molecule has 0 spiro atoms. The van der Waals surface area contributed by atoms with E-state index in [0.29, 0.717) is 11.1 Å². The highest BCUT2D eigenvalue weighted by atomic mass is 32.2. The second-order valence-electron chi connectivity index (χ2n) is 5.47. The lowest BCUT2D eigenvalue weighted by Gasteiger charge is -2.18. The van der Waals surface area contributed by atoms with E-state index in [9.17, 15) is 17.6 Å². The molecule has 0 saturated heterocycles. The Morgan fingerprint density at radius 2 is 1.92 bits per heavy atom. The molecule has 5 nitrogen and oxygen atoms in total. The lowest BCUT2D eigenvalue weighted by molar-refractivity contribution is 0.0953. The Morgan fingerprint density at radius 1 is 1.15 bits per heavy atom. The van der Waals surface area contributed by atoms with Gasteiger partial charge in [-0.15, -0.1) is 11.3 Å². The molecule has 134 valence electrons. The number of pyridine rings is 1. The molecule has 1 aromatic carbocycles. The van der Waals surface area contributed by atoms with Crippen molar-refractivity contribution in [2.75, 3.05) is 6.54 Å². The number of carbonyl (C=O) groups excluding carboxylic acids is 1. The summed E-state index contributed by atoms with van der Waals surface area (Å²) in [4.78, 5) is 16.1. The quantitative estimate of drug-likeness (QED) is 0.701. The zero-order chi connectivity index (χ0) is 18.6. The Morgan fingerprint density at radius 3 is 2.54 bits per heavy atom. The number of rotatable bonds is 6. The Labute approximate surface area is 154 Å². The van der Waals surface area contributed by atoms with Crippen molar-refractivity contribution in [2.45, 2.75) is 9.46 Å². The second-order valence-corrected chi connectivity index (χ2v) is 8.77. The summed E-state index contributed by atoms with van der Waals surface area (Å²) in [7, 11) is -3.74. The first-order valence-electron chi connectivity index (χ1n) is 7.69. The molecule has 0 saturated carbocycles. The molecule has 2 heterocycles. The average molecular weight is 390 g/mol. The molecular formula is C18H15FN2O3S2. The van der Waals surface area contributed by atoms with Crippen molar-refractivity contribution in [1.29, 1.82) is 0 Å². The number of sulfone groups is 1. The van der Waals surface area contributed by atoms with Crippen LogP contribution in [0.25, 0.3) is 0 Å². The minimum atomic E-state index is -3.74. The van der Waals surface area contributed by atoms with Gasteiger partial charge in [0.1, 0.15) is 15.3 Å². The van der Waals surface area contributed by atoms with Crippen LogP contribution < -0.4 is 5.32 Å². The fraction of sp³-hybridized carbons (Fsp3) is 0.111. The molecule has 1 amide bonds. The van der Waals surface area contributed by atoms with Crippen LogP contribution in [0.5, 0.6) is 0 Å². The lowest BCUT2D eigenvalue weighted by Crippen LogP contribution is -2.31. The lowest BCUT2D eigenvalue weighted by atomic mass is 10.1. The van der Waals surface area contributed by atoms with Gasteiger partial charge in [0.2, 0.25) is 0 Å². The van der Waals surface area contributed by atoms with Crippen molar-refractivity contribution in [3.8, 4) is 0 Å². The van der Waals surface area contributed by atoms with E-state index in [1.54, 1.807) is 29.8 Å². The van der Waals surface area contributed by atoms with E-state index >= 15 is 0 Å². The summed E-state index contributed by atoms with van der Waals surface area (Å²) in [6, 6.07) is 11.6. The second kappa shape index (κ2) is 7.76. The summed E-state index contributed by atoms with van der Waals surface area (Å²) < 4.78 is 39.4. The van der Waals surface area contributed by atoms with Gasteiger partial charge >= 0.3 is 0 Å². The van der Waals surface area contributed by atoms with Crippen LogP contribution in [0, 0.1) is 5.82 Å². The number of nitrogens with one attached hydrogen (secondary N) is 1. The van der Waals surface area contributed by atoms with Gasteiger partial charge in [0.05, 0.1) is 5.56 Å². The average Bonchev–Trinajstić information content (AvgIpc) is 3.19. The summed E-state index contributed by atoms with van der Waals surface area (Å²) in [6.45, 7) is -0.139. The van der Waals surface area contributed by atoms with Crippen molar-refractivity contribution in [3.05, 3.63) is 83.2 Å². The maximum atomic E-state index is 13.2. The molecule has 1 atom stereocenters. The molecule has 2 aromatic heterocycles. The normalized spacial score (nSPS) is 12.5. The van der Waals surface area contributed by atoms with Gasteiger partial charge in [0, 0.05) is 18.9 Å². The van der Waals surface area contributed by atoms with Crippen LogP contribution in [0.1, 0.15) is 21.2 Å². The topological polar surface area (TPSA) is 76.1 Å². The number of nitrogens with zero attached hydrogens (tertiary/aromatic N) is 1. The van der Waals surface area contributed by atoms with E-state index in [1.807, 2.05) is 0 Å². The third-order valence-electron chi connectivity index (χ3n) is 3.76. The van der Waals surface area contributed by atoms with Crippen LogP contribution in [-0.4, -0.2) is 25.9 Å². The molecule has 0 aliphatic carbocycles. The van der Waals surface area contributed by atoms with Crippen LogP contribution in [0.2, 0.25) is 0 Å². The summed E-state index contributed by atoms with van der Waals surface area (Å²) in [5, 5.41) is 3.28. The van der Waals surface area contributed by atoms with Gasteiger partial charge in [-0.1, -0.05) is 18.2 Å². The highest BCUT2D eigenvalue weighted by Gasteiger charge is 2.30. The molecule has 0 radical (unpaired) electrons. The molecule has 8 heteroatoms. The fourth-order valence-corrected chi connectivity index (χ4v) is 5.30. The largest absolute Gasteiger partial charge is 0.350 e. The van der Waals surface area contributed by atoms with Crippen molar-refractivity contribution in [1.82, 2.24) is 10.3 Å². The van der Waals surface area contributed by atoms with Gasteiger partial charge in [0.15, 0.2) is 9.84 Å². The van der Waals surface area contributed by atoms with Crippen LogP contribution in [0.3, 0.4) is 0 Å². The standard InChI is InChI=1S/C18H15FN2O3S2/c19-15-7-5-13(6-8-15)16(26(23,24)17-4-2-10-25-17)12-21-18(22)14-3-1-9-20-11-14/h1-11,16H,12H2,(H,21,22). The van der Waals surface area contributed by atoms with Crippen molar-refractivity contribution >= 4 is 27.1 Å². The zero-order valence-electron chi connectivity index (χ0n) is 13.5. The van der Waals surface area contributed by atoms with Crippen LogP contribution >= 0.6 is 11.3 Å². The molecule has 0 bridgehead atoms. The van der Waals surface area contributed by atoms with Gasteiger partial charge in [-0.2, -0.15) is 0 Å². The van der Waals surface area contributed by atoms with Crippen molar-refractivity contribution < 1.29 is 17.6 Å². The molecule has 0 fully saturated rings. The van der Waals surface area contributed by atoms with Crippen LogP contribution in [0.4, 0.5) is 4.39 Å². The Hall–Kier alpha value is -2.58. The van der Waals surface area contributed by atoms with Gasteiger partial charge in [-0.05, 0) is 41.3 Å². The van der Waals surface area contributed by atoms with E-state index in [-0.39, 0.29) is 10.8 Å². The van der Waals surface area contributed by atoms with Crippen LogP contribution in [-0.2, 0) is 9.84 Å². The molecule has 3 aromatic rings. The van der Waals surface area contributed by atoms with E-state index in [4.69, 9.17) is 0 Å². The molecule has 1 unspecified atom stereocenters. The third kappa shape index (κ3) is 3.97. The molecule has 0 aliphatic rings. The molecule has 0 aliphatic heterocycles. The summed E-state index contributed by atoms with van der Waals surface area (Å²) in [6.07, 6.45) is 2.94. The fourth-order valence-electron chi connectivity index (χ4n) is 2.43. The Bertz CT molecular complexity index is 973. The van der Waals surface area contributed by atoms with Crippen molar-refractivity contribution in [3.63, 3.8) is 0 Å². The first kappa shape index (κ1) is 18.2. The maximum absolute atomic E-state index is 13.2. The predicted octanol–water partition coefficient (Wildman–Crippen LogP) is 3.23. The van der Waals surface area contributed by atoms with E-state index in [0.717, 1.165) is 11.3 Å². The zero-order valence-corrected chi connectivity index (χ0v) is 15.1. The molecule has 3 rings (SSSR count). The number of hydrogen-bond acceptors (Lipinski definition) is 5. The first-order chi connectivity index (χ1) is 12.5. The summed E-state index contributed by atoms with van der Waals surface area (Å²) in [5.41, 5.74) is 0.741. The van der Waals surface area contributed by atoms with Crippen molar-refractivity contribution in [2.24, 2.45) is 0 Å². The monoisotopic (exact) mass is 390 g/mol. The first-order valence-corrected chi connectivity index (χ1v) is 10.1. The number of amides is 1. The number of thiophene rings is 1. The van der Waals surface area contributed by atoms with Gasteiger partial charge in [0.25, 0.3) is 5.91 Å². The maximum Gasteiger partial charge on any atom is 0.252 e. The van der Waals surface area contributed by atoms with E-state index in [1.165, 1.54) is 36.5 Å². The van der Waals surface area contributed by atoms with Gasteiger partial charge in [-0.25, -0.2) is 12.8 Å². The minimum Gasteiger partial charge on any atom is -0.350 e. The number of carbonyl (C=O) groups is 1. The molecular weight excluding hydrogens is 375 g/mol. The van der Waals surface area contributed by atoms with Gasteiger partial charge < -0.3 is 5.32 Å². The summed E-state index contributed by atoms with van der Waals surface area (Å²) >= 11 is 1.10. The number of benzene rings is 1. The number of aromatic nitrogens is 1. The summed E-state index contributed by atoms with van der Waals surface area (Å²) in [5.74, 6) is -0.882. The molecule has 26 heavy (non-hydrogen) atoms. The van der Waals surface area contributed by atoms with Crippen LogP contribution in [0.15, 0.2) is 70.5 Å². The predicted molar refractivity (Wildman–Crippen MR) is 97.2 cm³/mol. The molecule has 1 N–H and O–H groups in total.